The van der Waals surface area contributed by atoms with E-state index in [0.717, 1.165) is 18.5 Å². The molecule has 0 radical (unpaired) electrons. The van der Waals surface area contributed by atoms with Crippen LogP contribution in [0.15, 0.2) is 30.3 Å². The van der Waals surface area contributed by atoms with Crippen molar-refractivity contribution in [1.29, 1.82) is 0 Å². The second-order valence-electron chi connectivity index (χ2n) is 5.37. The number of benzene rings is 1. The molecule has 0 aliphatic carbocycles. The Kier molecular flexibility index (Phi) is 3.95. The molecule has 24 heavy (non-hydrogen) atoms. The molecule has 0 unspecified atom stereocenters. The highest BCUT2D eigenvalue weighted by Gasteiger charge is 2.15. The average Bonchev–Trinajstić information content (AvgIpc) is 2.55. The fourth-order valence-electron chi connectivity index (χ4n) is 2.53. The summed E-state index contributed by atoms with van der Waals surface area (Å²) in [5, 5.41) is 11.1. The van der Waals surface area contributed by atoms with E-state index in [2.05, 4.69) is 15.0 Å². The lowest BCUT2D eigenvalue weighted by Crippen LogP contribution is -2.02. The first-order valence-corrected chi connectivity index (χ1v) is 7.47. The predicted molar refractivity (Wildman–Crippen MR) is 92.2 cm³/mol. The Bertz CT molecular complexity index is 941. The molecule has 3 rings (SSSR count). The summed E-state index contributed by atoms with van der Waals surface area (Å²) in [6, 6.07) is 8.16. The molecule has 2 heterocycles. The number of nitro benzene ring substituents is 1. The Labute approximate surface area is 137 Å². The first-order chi connectivity index (χ1) is 11.5. The molecule has 0 atom stereocenters. The van der Waals surface area contributed by atoms with Crippen LogP contribution in [0, 0.1) is 10.1 Å². The zero-order chi connectivity index (χ0) is 17.3. The first-order valence-electron chi connectivity index (χ1n) is 7.47. The van der Waals surface area contributed by atoms with Gasteiger partial charge in [-0.05, 0) is 24.6 Å². The van der Waals surface area contributed by atoms with Gasteiger partial charge >= 0.3 is 0 Å². The minimum absolute atomic E-state index is 0.118. The van der Waals surface area contributed by atoms with Crippen molar-refractivity contribution in [3.63, 3.8) is 0 Å². The molecule has 0 aliphatic heterocycles. The second-order valence-corrected chi connectivity index (χ2v) is 5.37. The average molecular weight is 324 g/mol. The lowest BCUT2D eigenvalue weighted by molar-refractivity contribution is -0.383. The van der Waals surface area contributed by atoms with Crippen LogP contribution in [0.4, 0.5) is 17.3 Å². The number of pyridine rings is 1. The summed E-state index contributed by atoms with van der Waals surface area (Å²) in [4.78, 5) is 23.6. The lowest BCUT2D eigenvalue weighted by Gasteiger charge is -2.08. The van der Waals surface area contributed by atoms with Crippen LogP contribution >= 0.6 is 0 Å². The Morgan fingerprint density at radius 2 is 1.92 bits per heavy atom. The third kappa shape index (κ3) is 2.81. The maximum atomic E-state index is 11.1. The van der Waals surface area contributed by atoms with Gasteiger partial charge in [0, 0.05) is 11.6 Å². The van der Waals surface area contributed by atoms with Crippen LogP contribution in [-0.2, 0) is 6.42 Å². The van der Waals surface area contributed by atoms with Crippen LogP contribution in [0.25, 0.3) is 22.3 Å². The topological polar surface area (TPSA) is 134 Å². The number of rotatable bonds is 4. The number of nitrogens with zero attached hydrogens (tertiary/aromatic N) is 4. The Morgan fingerprint density at radius 1 is 1.12 bits per heavy atom. The van der Waals surface area contributed by atoms with E-state index in [9.17, 15) is 10.1 Å². The van der Waals surface area contributed by atoms with Crippen LogP contribution in [0.3, 0.4) is 0 Å². The Morgan fingerprint density at radius 3 is 2.62 bits per heavy atom. The van der Waals surface area contributed by atoms with E-state index < -0.39 is 4.92 Å². The molecule has 1 aromatic carbocycles. The van der Waals surface area contributed by atoms with Crippen LogP contribution < -0.4 is 11.5 Å². The molecular formula is C16H16N6O2. The summed E-state index contributed by atoms with van der Waals surface area (Å²) in [6.07, 6.45) is 1.62. The Hall–Kier alpha value is -3.29. The molecule has 8 heteroatoms. The number of aryl methyl sites for hydroxylation is 1. The standard InChI is InChI=1S/C16H16N6O2/c1-2-3-12-15-13(21-16(18)20-12)7-6-11(19-15)9-4-5-10(17)14(8-9)22(23)24/h4-8H,2-3,17H2,1H3,(H2,18,20,21). The van der Waals surface area contributed by atoms with Crippen molar-refractivity contribution >= 4 is 28.4 Å². The van der Waals surface area contributed by atoms with E-state index in [0.29, 0.717) is 22.3 Å². The molecule has 0 saturated heterocycles. The molecular weight excluding hydrogens is 308 g/mol. The number of nitro groups is 1. The summed E-state index contributed by atoms with van der Waals surface area (Å²) in [6.45, 7) is 2.04. The van der Waals surface area contributed by atoms with Gasteiger partial charge in [-0.3, -0.25) is 10.1 Å². The normalized spacial score (nSPS) is 10.9. The van der Waals surface area contributed by atoms with Gasteiger partial charge in [-0.15, -0.1) is 0 Å². The maximum Gasteiger partial charge on any atom is 0.292 e. The number of hydrogen-bond acceptors (Lipinski definition) is 7. The van der Waals surface area contributed by atoms with Crippen LogP contribution in [-0.4, -0.2) is 19.9 Å². The van der Waals surface area contributed by atoms with E-state index >= 15 is 0 Å². The molecule has 3 aromatic rings. The molecule has 0 aliphatic rings. The zero-order valence-corrected chi connectivity index (χ0v) is 13.1. The van der Waals surface area contributed by atoms with Crippen molar-refractivity contribution in [3.8, 4) is 11.3 Å². The number of anilines is 2. The SMILES string of the molecule is CCCc1nc(N)nc2ccc(-c3ccc(N)c([N+](=O)[O-])c3)nc12. The quantitative estimate of drug-likeness (QED) is 0.428. The smallest absolute Gasteiger partial charge is 0.292 e. The van der Waals surface area contributed by atoms with Gasteiger partial charge in [0.2, 0.25) is 5.95 Å². The van der Waals surface area contributed by atoms with Gasteiger partial charge in [0.1, 0.15) is 11.2 Å². The number of nitrogens with two attached hydrogens (primary N) is 2. The zero-order valence-electron chi connectivity index (χ0n) is 13.1. The molecule has 0 bridgehead atoms. The van der Waals surface area contributed by atoms with E-state index in [1.807, 2.05) is 6.92 Å². The largest absolute Gasteiger partial charge is 0.393 e. The minimum Gasteiger partial charge on any atom is -0.393 e. The van der Waals surface area contributed by atoms with Crippen molar-refractivity contribution in [2.45, 2.75) is 19.8 Å². The van der Waals surface area contributed by atoms with Gasteiger partial charge in [0.05, 0.1) is 21.8 Å². The van der Waals surface area contributed by atoms with E-state index in [-0.39, 0.29) is 17.3 Å². The van der Waals surface area contributed by atoms with Crippen LogP contribution in [0.2, 0.25) is 0 Å². The first kappa shape index (κ1) is 15.6. The van der Waals surface area contributed by atoms with Crippen molar-refractivity contribution in [3.05, 3.63) is 46.1 Å². The highest BCUT2D eigenvalue weighted by molar-refractivity contribution is 5.81. The molecule has 0 saturated carbocycles. The molecule has 122 valence electrons. The monoisotopic (exact) mass is 324 g/mol. The van der Waals surface area contributed by atoms with Gasteiger partial charge in [-0.25, -0.2) is 15.0 Å². The van der Waals surface area contributed by atoms with Gasteiger partial charge in [0.15, 0.2) is 0 Å². The van der Waals surface area contributed by atoms with Crippen molar-refractivity contribution in [2.75, 3.05) is 11.5 Å². The highest BCUT2D eigenvalue weighted by Crippen LogP contribution is 2.29. The van der Waals surface area contributed by atoms with Crippen molar-refractivity contribution < 1.29 is 4.92 Å². The summed E-state index contributed by atoms with van der Waals surface area (Å²) in [7, 11) is 0. The van der Waals surface area contributed by atoms with Gasteiger partial charge in [-0.2, -0.15) is 0 Å². The molecule has 0 fully saturated rings. The third-order valence-electron chi connectivity index (χ3n) is 3.64. The minimum atomic E-state index is -0.508. The molecule has 4 N–H and O–H groups in total. The maximum absolute atomic E-state index is 11.1. The number of nitrogen functional groups attached to an aromatic ring is 2. The fourth-order valence-corrected chi connectivity index (χ4v) is 2.53. The number of aromatic nitrogens is 3. The summed E-state index contributed by atoms with van der Waals surface area (Å²) < 4.78 is 0. The number of hydrogen-bond donors (Lipinski definition) is 2. The van der Waals surface area contributed by atoms with Gasteiger partial charge in [0.25, 0.3) is 5.69 Å². The molecule has 2 aromatic heterocycles. The summed E-state index contributed by atoms with van der Waals surface area (Å²) in [5.41, 5.74) is 14.6. The van der Waals surface area contributed by atoms with E-state index in [1.165, 1.54) is 12.1 Å². The molecule has 0 amide bonds. The van der Waals surface area contributed by atoms with Gasteiger partial charge in [-0.1, -0.05) is 19.4 Å². The van der Waals surface area contributed by atoms with Crippen LogP contribution in [0.5, 0.6) is 0 Å². The third-order valence-corrected chi connectivity index (χ3v) is 3.64. The second kappa shape index (κ2) is 6.07. The van der Waals surface area contributed by atoms with Crippen molar-refractivity contribution in [1.82, 2.24) is 15.0 Å². The van der Waals surface area contributed by atoms with Crippen molar-refractivity contribution in [2.24, 2.45) is 0 Å². The number of fused-ring (bicyclic) bond motifs is 1. The highest BCUT2D eigenvalue weighted by atomic mass is 16.6. The van der Waals surface area contributed by atoms with E-state index in [4.69, 9.17) is 11.5 Å². The Balaban J connectivity index is 2.17. The predicted octanol–water partition coefficient (Wildman–Crippen LogP) is 2.72. The van der Waals surface area contributed by atoms with E-state index in [1.54, 1.807) is 18.2 Å². The van der Waals surface area contributed by atoms with Gasteiger partial charge < -0.3 is 11.5 Å². The molecule has 0 spiro atoms. The summed E-state index contributed by atoms with van der Waals surface area (Å²) in [5.74, 6) is 0.212. The lowest BCUT2D eigenvalue weighted by atomic mass is 10.1. The fraction of sp³-hybridized carbons (Fsp3) is 0.188. The molecule has 8 nitrogen and oxygen atoms in total. The van der Waals surface area contributed by atoms with Crippen LogP contribution in [0.1, 0.15) is 19.0 Å². The summed E-state index contributed by atoms with van der Waals surface area (Å²) >= 11 is 0.